The Morgan fingerprint density at radius 3 is 2.75 bits per heavy atom. The lowest BCUT2D eigenvalue weighted by Crippen LogP contribution is -2.30. The minimum Gasteiger partial charge on any atom is -0.463 e. The van der Waals surface area contributed by atoms with Crippen molar-refractivity contribution in [3.05, 3.63) is 52.4 Å². The molecule has 2 N–H and O–H groups in total. The monoisotopic (exact) mass is 290 g/mol. The van der Waals surface area contributed by atoms with Crippen molar-refractivity contribution < 1.29 is 9.52 Å². The SMILES string of the molecule is Cc1ccc(C(C)(O)CNc2ccc(Cl)cc2C#N)o1. The second-order valence-electron chi connectivity index (χ2n) is 4.84. The predicted molar refractivity (Wildman–Crippen MR) is 77.7 cm³/mol. The molecule has 20 heavy (non-hydrogen) atoms. The van der Waals surface area contributed by atoms with Gasteiger partial charge in [-0.2, -0.15) is 5.26 Å². The molecule has 1 aromatic carbocycles. The van der Waals surface area contributed by atoms with Crippen LogP contribution in [0.1, 0.15) is 24.0 Å². The molecule has 0 spiro atoms. The van der Waals surface area contributed by atoms with E-state index in [0.29, 0.717) is 22.0 Å². The van der Waals surface area contributed by atoms with Crippen LogP contribution in [0, 0.1) is 18.3 Å². The molecule has 0 bridgehead atoms. The van der Waals surface area contributed by atoms with Gasteiger partial charge in [-0.15, -0.1) is 0 Å². The summed E-state index contributed by atoms with van der Waals surface area (Å²) in [6.45, 7) is 3.69. The van der Waals surface area contributed by atoms with E-state index in [1.165, 1.54) is 0 Å². The first kappa shape index (κ1) is 14.4. The zero-order valence-corrected chi connectivity index (χ0v) is 12.0. The fourth-order valence-electron chi connectivity index (χ4n) is 1.84. The van der Waals surface area contributed by atoms with Crippen LogP contribution in [0.4, 0.5) is 5.69 Å². The van der Waals surface area contributed by atoms with Gasteiger partial charge >= 0.3 is 0 Å². The second kappa shape index (κ2) is 5.58. The van der Waals surface area contributed by atoms with Crippen LogP contribution in [0.5, 0.6) is 0 Å². The largest absolute Gasteiger partial charge is 0.463 e. The van der Waals surface area contributed by atoms with Crippen LogP contribution in [-0.2, 0) is 5.60 Å². The quantitative estimate of drug-likeness (QED) is 0.905. The third-order valence-corrected chi connectivity index (χ3v) is 3.23. The molecule has 0 fully saturated rings. The molecule has 2 aromatic rings. The topological polar surface area (TPSA) is 69.2 Å². The van der Waals surface area contributed by atoms with E-state index in [4.69, 9.17) is 21.3 Å². The zero-order valence-electron chi connectivity index (χ0n) is 11.3. The van der Waals surface area contributed by atoms with Crippen LogP contribution < -0.4 is 5.32 Å². The van der Waals surface area contributed by atoms with Crippen LogP contribution in [0.25, 0.3) is 0 Å². The molecule has 2 rings (SSSR count). The minimum absolute atomic E-state index is 0.219. The number of nitrogens with zero attached hydrogens (tertiary/aromatic N) is 1. The van der Waals surface area contributed by atoms with Gasteiger partial charge in [-0.05, 0) is 44.2 Å². The summed E-state index contributed by atoms with van der Waals surface area (Å²) >= 11 is 5.84. The van der Waals surface area contributed by atoms with E-state index >= 15 is 0 Å². The molecule has 0 saturated carbocycles. The molecular weight excluding hydrogens is 276 g/mol. The number of aryl methyl sites for hydroxylation is 1. The van der Waals surface area contributed by atoms with Gasteiger partial charge < -0.3 is 14.8 Å². The first-order valence-corrected chi connectivity index (χ1v) is 6.53. The Bertz CT molecular complexity index is 656. The normalized spacial score (nSPS) is 13.6. The first-order valence-electron chi connectivity index (χ1n) is 6.15. The molecule has 0 aliphatic carbocycles. The number of nitriles is 1. The van der Waals surface area contributed by atoms with Gasteiger partial charge in [0, 0.05) is 5.02 Å². The molecule has 0 amide bonds. The Morgan fingerprint density at radius 2 is 2.15 bits per heavy atom. The van der Waals surface area contributed by atoms with Crippen molar-refractivity contribution in [3.63, 3.8) is 0 Å². The van der Waals surface area contributed by atoms with Crippen LogP contribution in [0.3, 0.4) is 0 Å². The van der Waals surface area contributed by atoms with Gasteiger partial charge in [-0.25, -0.2) is 0 Å². The lowest BCUT2D eigenvalue weighted by molar-refractivity contribution is 0.0468. The fraction of sp³-hybridized carbons (Fsp3) is 0.267. The summed E-state index contributed by atoms with van der Waals surface area (Å²) in [7, 11) is 0. The van der Waals surface area contributed by atoms with E-state index in [9.17, 15) is 5.11 Å². The molecule has 0 saturated heterocycles. The summed E-state index contributed by atoms with van der Waals surface area (Å²) in [4.78, 5) is 0. The molecule has 0 radical (unpaired) electrons. The number of aliphatic hydroxyl groups is 1. The number of anilines is 1. The zero-order chi connectivity index (χ0) is 14.8. The molecular formula is C15H15ClN2O2. The highest BCUT2D eigenvalue weighted by atomic mass is 35.5. The molecule has 4 nitrogen and oxygen atoms in total. The average Bonchev–Trinajstić information content (AvgIpc) is 2.84. The van der Waals surface area contributed by atoms with Gasteiger partial charge in [0.15, 0.2) is 0 Å². The first-order chi connectivity index (χ1) is 9.42. The standard InChI is InChI=1S/C15H15ClN2O2/c1-10-3-6-14(20-10)15(2,19)9-18-13-5-4-12(16)7-11(13)8-17/h3-7,18-19H,9H2,1-2H3. The van der Waals surface area contributed by atoms with E-state index in [-0.39, 0.29) is 6.54 Å². The summed E-state index contributed by atoms with van der Waals surface area (Å²) in [6.07, 6.45) is 0. The number of hydrogen-bond acceptors (Lipinski definition) is 4. The van der Waals surface area contributed by atoms with Crippen molar-refractivity contribution >= 4 is 17.3 Å². The summed E-state index contributed by atoms with van der Waals surface area (Å²) in [5.41, 5.74) is -0.106. The smallest absolute Gasteiger partial charge is 0.137 e. The predicted octanol–water partition coefficient (Wildman–Crippen LogP) is 3.43. The Kier molecular flexibility index (Phi) is 4.03. The molecule has 1 unspecified atom stereocenters. The number of furan rings is 1. The van der Waals surface area contributed by atoms with Crippen LogP contribution >= 0.6 is 11.6 Å². The Balaban J connectivity index is 2.14. The van der Waals surface area contributed by atoms with E-state index < -0.39 is 5.60 Å². The van der Waals surface area contributed by atoms with Crippen molar-refractivity contribution in [2.75, 3.05) is 11.9 Å². The van der Waals surface area contributed by atoms with Crippen LogP contribution in [0.15, 0.2) is 34.7 Å². The number of halogens is 1. The van der Waals surface area contributed by atoms with E-state index in [1.807, 2.05) is 6.92 Å². The van der Waals surface area contributed by atoms with Gasteiger partial charge in [0.25, 0.3) is 0 Å². The van der Waals surface area contributed by atoms with Gasteiger partial charge in [0.1, 0.15) is 23.2 Å². The lowest BCUT2D eigenvalue weighted by Gasteiger charge is -2.22. The molecule has 1 heterocycles. The van der Waals surface area contributed by atoms with Gasteiger partial charge in [-0.1, -0.05) is 11.6 Å². The molecule has 0 aliphatic rings. The molecule has 1 aromatic heterocycles. The maximum absolute atomic E-state index is 10.4. The van der Waals surface area contributed by atoms with Crippen molar-refractivity contribution in [2.45, 2.75) is 19.4 Å². The molecule has 5 heteroatoms. The van der Waals surface area contributed by atoms with Crippen molar-refractivity contribution in [1.29, 1.82) is 5.26 Å². The van der Waals surface area contributed by atoms with Crippen LogP contribution in [0.2, 0.25) is 5.02 Å². The maximum atomic E-state index is 10.4. The van der Waals surface area contributed by atoms with Crippen LogP contribution in [-0.4, -0.2) is 11.7 Å². The number of nitrogens with one attached hydrogen (secondary N) is 1. The number of hydrogen-bond donors (Lipinski definition) is 2. The Labute approximate surface area is 122 Å². The number of benzene rings is 1. The summed E-state index contributed by atoms with van der Waals surface area (Å²) in [5, 5.41) is 23.0. The van der Waals surface area contributed by atoms with Gasteiger partial charge in [-0.3, -0.25) is 0 Å². The second-order valence-corrected chi connectivity index (χ2v) is 5.28. The summed E-state index contributed by atoms with van der Waals surface area (Å²) in [6, 6.07) is 10.6. The third kappa shape index (κ3) is 3.13. The maximum Gasteiger partial charge on any atom is 0.137 e. The van der Waals surface area contributed by atoms with Crippen molar-refractivity contribution in [3.8, 4) is 6.07 Å². The lowest BCUT2D eigenvalue weighted by atomic mass is 10.0. The minimum atomic E-state index is -1.17. The van der Waals surface area contributed by atoms with E-state index in [2.05, 4.69) is 11.4 Å². The molecule has 0 aliphatic heterocycles. The van der Waals surface area contributed by atoms with Gasteiger partial charge in [0.05, 0.1) is 17.8 Å². The summed E-state index contributed by atoms with van der Waals surface area (Å²) < 4.78 is 5.44. The average molecular weight is 291 g/mol. The van der Waals surface area contributed by atoms with Crippen molar-refractivity contribution in [1.82, 2.24) is 0 Å². The molecule has 1 atom stereocenters. The molecule has 104 valence electrons. The van der Waals surface area contributed by atoms with E-state index in [1.54, 1.807) is 37.3 Å². The highest BCUT2D eigenvalue weighted by Gasteiger charge is 2.26. The Hall–Kier alpha value is -1.96. The van der Waals surface area contributed by atoms with E-state index in [0.717, 1.165) is 5.76 Å². The van der Waals surface area contributed by atoms with Crippen molar-refractivity contribution in [2.24, 2.45) is 0 Å². The van der Waals surface area contributed by atoms with Gasteiger partial charge in [0.2, 0.25) is 0 Å². The Morgan fingerprint density at radius 1 is 1.40 bits per heavy atom. The highest BCUT2D eigenvalue weighted by Crippen LogP contribution is 2.25. The highest BCUT2D eigenvalue weighted by molar-refractivity contribution is 6.30. The third-order valence-electron chi connectivity index (χ3n) is 3.00. The summed E-state index contributed by atoms with van der Waals surface area (Å²) in [5.74, 6) is 1.22. The number of rotatable bonds is 4. The fourth-order valence-corrected chi connectivity index (χ4v) is 2.01.